The van der Waals surface area contributed by atoms with Crippen molar-refractivity contribution in [3.8, 4) is 0 Å². The molecule has 2 aliphatic heterocycles. The van der Waals surface area contributed by atoms with E-state index in [0.717, 1.165) is 25.8 Å². The molecule has 82 valence electrons. The summed E-state index contributed by atoms with van der Waals surface area (Å²) in [6.07, 6.45) is 5.35. The molecule has 2 fully saturated rings. The third kappa shape index (κ3) is 2.27. The molecule has 0 saturated carbocycles. The fraction of sp³-hybridized carbons (Fsp3) is 1.00. The summed E-state index contributed by atoms with van der Waals surface area (Å²) in [6, 6.07) is 1.17. The molecule has 2 N–H and O–H groups in total. The van der Waals surface area contributed by atoms with E-state index < -0.39 is 0 Å². The van der Waals surface area contributed by atoms with Gasteiger partial charge in [0.05, 0.1) is 5.60 Å². The van der Waals surface area contributed by atoms with Crippen LogP contribution < -0.4 is 5.32 Å². The molecule has 2 aliphatic rings. The van der Waals surface area contributed by atoms with Crippen LogP contribution in [-0.2, 0) is 0 Å². The molecule has 14 heavy (non-hydrogen) atoms. The van der Waals surface area contributed by atoms with Gasteiger partial charge in [-0.05, 0) is 46.2 Å². The summed E-state index contributed by atoms with van der Waals surface area (Å²) in [5.41, 5.74) is -0.388. The van der Waals surface area contributed by atoms with Crippen LogP contribution in [0.25, 0.3) is 0 Å². The van der Waals surface area contributed by atoms with Crippen molar-refractivity contribution in [2.24, 2.45) is 0 Å². The van der Waals surface area contributed by atoms with E-state index in [1.807, 2.05) is 0 Å². The van der Waals surface area contributed by atoms with E-state index >= 15 is 0 Å². The summed E-state index contributed by atoms with van der Waals surface area (Å²) in [5.74, 6) is 0. The van der Waals surface area contributed by atoms with Gasteiger partial charge in [0, 0.05) is 18.6 Å². The molecule has 3 nitrogen and oxygen atoms in total. The van der Waals surface area contributed by atoms with Gasteiger partial charge in [-0.25, -0.2) is 0 Å². The van der Waals surface area contributed by atoms with E-state index in [1.165, 1.54) is 12.8 Å². The average Bonchev–Trinajstić information content (AvgIpc) is 2.43. The minimum atomic E-state index is -0.388. The van der Waals surface area contributed by atoms with E-state index in [4.69, 9.17) is 0 Å². The van der Waals surface area contributed by atoms with Crippen LogP contribution in [0.1, 0.15) is 32.1 Å². The molecule has 0 aromatic carbocycles. The molecule has 0 aromatic heterocycles. The molecular weight excluding hydrogens is 176 g/mol. The molecule has 2 bridgehead atoms. The Bertz CT molecular complexity index is 193. The lowest BCUT2D eigenvalue weighted by Crippen LogP contribution is -2.49. The summed E-state index contributed by atoms with van der Waals surface area (Å²) >= 11 is 0. The van der Waals surface area contributed by atoms with Crippen molar-refractivity contribution >= 4 is 0 Å². The molecule has 0 aromatic rings. The standard InChI is InChI=1S/C11H22N2O/c1-13(2)6-5-11(14)7-9-3-4-10(8-11)12-9/h9-10,12,14H,3-8H2,1-2H3. The molecule has 0 radical (unpaired) electrons. The predicted molar refractivity (Wildman–Crippen MR) is 57.3 cm³/mol. The Labute approximate surface area is 86.5 Å². The van der Waals surface area contributed by atoms with Gasteiger partial charge in [0.25, 0.3) is 0 Å². The Morgan fingerprint density at radius 3 is 2.36 bits per heavy atom. The molecule has 2 atom stereocenters. The number of hydrogen-bond acceptors (Lipinski definition) is 3. The van der Waals surface area contributed by atoms with Crippen LogP contribution in [0.5, 0.6) is 0 Å². The largest absolute Gasteiger partial charge is 0.390 e. The summed E-state index contributed by atoms with van der Waals surface area (Å²) in [4.78, 5) is 2.15. The lowest BCUT2D eigenvalue weighted by Gasteiger charge is -2.37. The first-order valence-electron chi connectivity index (χ1n) is 5.71. The number of fused-ring (bicyclic) bond motifs is 2. The molecule has 2 rings (SSSR count). The Kier molecular flexibility index (Phi) is 2.82. The van der Waals surface area contributed by atoms with Crippen LogP contribution >= 0.6 is 0 Å². The number of nitrogens with zero attached hydrogens (tertiary/aromatic N) is 1. The van der Waals surface area contributed by atoms with Crippen molar-refractivity contribution in [2.45, 2.75) is 49.8 Å². The SMILES string of the molecule is CN(C)CCC1(O)CC2CCC(C1)N2. The van der Waals surface area contributed by atoms with Crippen molar-refractivity contribution < 1.29 is 5.11 Å². The van der Waals surface area contributed by atoms with Gasteiger partial charge < -0.3 is 15.3 Å². The van der Waals surface area contributed by atoms with Gasteiger partial charge in [-0.1, -0.05) is 0 Å². The van der Waals surface area contributed by atoms with Gasteiger partial charge in [0.2, 0.25) is 0 Å². The van der Waals surface area contributed by atoms with Crippen LogP contribution in [-0.4, -0.2) is 48.3 Å². The molecule has 2 heterocycles. The second-order valence-corrected chi connectivity index (χ2v) is 5.32. The lowest BCUT2D eigenvalue weighted by molar-refractivity contribution is -0.0183. The molecule has 0 amide bonds. The first-order valence-corrected chi connectivity index (χ1v) is 5.71. The number of rotatable bonds is 3. The van der Waals surface area contributed by atoms with Crippen molar-refractivity contribution in [2.75, 3.05) is 20.6 Å². The maximum Gasteiger partial charge on any atom is 0.0689 e. The van der Waals surface area contributed by atoms with Crippen molar-refractivity contribution in [3.63, 3.8) is 0 Å². The van der Waals surface area contributed by atoms with Gasteiger partial charge in [0.1, 0.15) is 0 Å². The third-order valence-electron chi connectivity index (χ3n) is 3.61. The van der Waals surface area contributed by atoms with Crippen LogP contribution in [0.2, 0.25) is 0 Å². The highest BCUT2D eigenvalue weighted by Crippen LogP contribution is 2.35. The maximum atomic E-state index is 10.4. The van der Waals surface area contributed by atoms with Gasteiger partial charge in [-0.3, -0.25) is 0 Å². The third-order valence-corrected chi connectivity index (χ3v) is 3.61. The van der Waals surface area contributed by atoms with E-state index in [0.29, 0.717) is 12.1 Å². The molecular formula is C11H22N2O. The van der Waals surface area contributed by atoms with Crippen LogP contribution in [0, 0.1) is 0 Å². The maximum absolute atomic E-state index is 10.4. The van der Waals surface area contributed by atoms with Gasteiger partial charge >= 0.3 is 0 Å². The fourth-order valence-corrected chi connectivity index (χ4v) is 2.86. The number of aliphatic hydroxyl groups is 1. The number of piperidine rings is 1. The molecule has 2 unspecified atom stereocenters. The number of nitrogens with one attached hydrogen (secondary N) is 1. The van der Waals surface area contributed by atoms with E-state index in [1.54, 1.807) is 0 Å². The highest BCUT2D eigenvalue weighted by Gasteiger charge is 2.41. The van der Waals surface area contributed by atoms with Gasteiger partial charge in [0.15, 0.2) is 0 Å². The highest BCUT2D eigenvalue weighted by atomic mass is 16.3. The monoisotopic (exact) mass is 198 g/mol. The predicted octanol–water partition coefficient (Wildman–Crippen LogP) is 0.584. The van der Waals surface area contributed by atoms with Crippen molar-refractivity contribution in [3.05, 3.63) is 0 Å². The first-order chi connectivity index (χ1) is 6.57. The van der Waals surface area contributed by atoms with E-state index in [2.05, 4.69) is 24.3 Å². The molecule has 2 saturated heterocycles. The minimum absolute atomic E-state index is 0.388. The summed E-state index contributed by atoms with van der Waals surface area (Å²) in [5, 5.41) is 14.0. The van der Waals surface area contributed by atoms with Gasteiger partial charge in [-0.2, -0.15) is 0 Å². The quantitative estimate of drug-likeness (QED) is 0.696. The Morgan fingerprint density at radius 2 is 1.86 bits per heavy atom. The van der Waals surface area contributed by atoms with Crippen LogP contribution in [0.4, 0.5) is 0 Å². The smallest absolute Gasteiger partial charge is 0.0689 e. The zero-order chi connectivity index (χ0) is 10.2. The number of hydrogen-bond donors (Lipinski definition) is 2. The van der Waals surface area contributed by atoms with Crippen LogP contribution in [0.15, 0.2) is 0 Å². The highest BCUT2D eigenvalue weighted by molar-refractivity contribution is 4.99. The van der Waals surface area contributed by atoms with E-state index in [9.17, 15) is 5.11 Å². The van der Waals surface area contributed by atoms with Crippen molar-refractivity contribution in [1.29, 1.82) is 0 Å². The Balaban J connectivity index is 1.89. The van der Waals surface area contributed by atoms with Crippen molar-refractivity contribution in [1.82, 2.24) is 10.2 Å². The summed E-state index contributed by atoms with van der Waals surface area (Å²) < 4.78 is 0. The topological polar surface area (TPSA) is 35.5 Å². The Morgan fingerprint density at radius 1 is 1.29 bits per heavy atom. The van der Waals surface area contributed by atoms with Crippen LogP contribution in [0.3, 0.4) is 0 Å². The molecule has 0 aliphatic carbocycles. The minimum Gasteiger partial charge on any atom is -0.390 e. The molecule has 3 heteroatoms. The second kappa shape index (κ2) is 3.80. The van der Waals surface area contributed by atoms with E-state index in [-0.39, 0.29) is 5.60 Å². The zero-order valence-corrected chi connectivity index (χ0v) is 9.29. The fourth-order valence-electron chi connectivity index (χ4n) is 2.86. The second-order valence-electron chi connectivity index (χ2n) is 5.32. The lowest BCUT2D eigenvalue weighted by atomic mass is 9.85. The van der Waals surface area contributed by atoms with Gasteiger partial charge in [-0.15, -0.1) is 0 Å². The Hall–Kier alpha value is -0.120. The average molecular weight is 198 g/mol. The summed E-state index contributed by atoms with van der Waals surface area (Å²) in [6.45, 7) is 0.996. The molecule has 0 spiro atoms. The normalized spacial score (nSPS) is 42.0. The zero-order valence-electron chi connectivity index (χ0n) is 9.29. The first kappa shape index (κ1) is 10.4. The summed E-state index contributed by atoms with van der Waals surface area (Å²) in [7, 11) is 4.14.